The lowest BCUT2D eigenvalue weighted by Gasteiger charge is -2.19. The Hall–Kier alpha value is -3.00. The maximum absolute atomic E-state index is 13.0. The zero-order chi connectivity index (χ0) is 24.1. The molecule has 2 aliphatic carbocycles. The van der Waals surface area contributed by atoms with Gasteiger partial charge in [-0.3, -0.25) is 19.3 Å². The second-order valence-corrected chi connectivity index (χ2v) is 10.3. The topological polar surface area (TPSA) is 92.8 Å². The molecule has 5 rings (SSSR count). The van der Waals surface area contributed by atoms with Gasteiger partial charge in [-0.2, -0.15) is 0 Å². The van der Waals surface area contributed by atoms with Gasteiger partial charge in [0.05, 0.1) is 23.1 Å². The lowest BCUT2D eigenvalue weighted by atomic mass is 9.81. The fraction of sp³-hybridized carbons (Fsp3) is 0.385. The first-order chi connectivity index (χ1) is 16.3. The molecule has 0 aromatic heterocycles. The van der Waals surface area contributed by atoms with E-state index in [1.165, 1.54) is 17.0 Å². The summed E-state index contributed by atoms with van der Waals surface area (Å²) in [5, 5.41) is 2.75. The van der Waals surface area contributed by atoms with Gasteiger partial charge in [0.15, 0.2) is 6.61 Å². The summed E-state index contributed by atoms with van der Waals surface area (Å²) in [5.74, 6) is -1.06. The second-order valence-electron chi connectivity index (χ2n) is 9.41. The van der Waals surface area contributed by atoms with Crippen molar-refractivity contribution < 1.29 is 23.9 Å². The Morgan fingerprint density at radius 1 is 0.971 bits per heavy atom. The number of nitrogens with one attached hydrogen (secondary N) is 1. The number of carbonyl (C=O) groups excluding carboxylic acids is 4. The van der Waals surface area contributed by atoms with E-state index in [0.29, 0.717) is 23.2 Å². The monoisotopic (exact) mass is 524 g/mol. The highest BCUT2D eigenvalue weighted by Crippen LogP contribution is 2.56. The fourth-order valence-electron chi connectivity index (χ4n) is 5.73. The molecule has 3 aliphatic rings. The van der Waals surface area contributed by atoms with E-state index in [1.54, 1.807) is 18.2 Å². The van der Waals surface area contributed by atoms with E-state index in [4.69, 9.17) is 4.74 Å². The highest BCUT2D eigenvalue weighted by molar-refractivity contribution is 9.10. The minimum Gasteiger partial charge on any atom is -0.452 e. The van der Waals surface area contributed by atoms with Crippen LogP contribution in [0.15, 0.2) is 40.9 Å². The molecule has 34 heavy (non-hydrogen) atoms. The van der Waals surface area contributed by atoms with Crippen molar-refractivity contribution in [3.8, 4) is 0 Å². The normalized spacial score (nSPS) is 25.0. The number of hydrogen-bond acceptors (Lipinski definition) is 5. The van der Waals surface area contributed by atoms with Crippen LogP contribution in [0.1, 0.15) is 40.7 Å². The minimum absolute atomic E-state index is 0.118. The van der Waals surface area contributed by atoms with Crippen LogP contribution in [0.4, 0.5) is 11.4 Å². The van der Waals surface area contributed by atoms with Gasteiger partial charge in [0.25, 0.3) is 5.91 Å². The Bertz CT molecular complexity index is 1180. The molecule has 1 N–H and O–H groups in total. The number of ether oxygens (including phenoxy) is 1. The van der Waals surface area contributed by atoms with E-state index in [0.717, 1.165) is 34.9 Å². The summed E-state index contributed by atoms with van der Waals surface area (Å²) < 4.78 is 6.10. The van der Waals surface area contributed by atoms with Gasteiger partial charge in [-0.05, 0) is 92.5 Å². The number of halogens is 1. The van der Waals surface area contributed by atoms with Crippen molar-refractivity contribution in [2.45, 2.75) is 33.1 Å². The van der Waals surface area contributed by atoms with E-state index < -0.39 is 18.5 Å². The summed E-state index contributed by atoms with van der Waals surface area (Å²) in [6.45, 7) is 3.42. The van der Waals surface area contributed by atoms with E-state index in [2.05, 4.69) is 21.2 Å². The van der Waals surface area contributed by atoms with Gasteiger partial charge < -0.3 is 10.1 Å². The van der Waals surface area contributed by atoms with Gasteiger partial charge >= 0.3 is 5.97 Å². The van der Waals surface area contributed by atoms with E-state index in [1.807, 2.05) is 19.9 Å². The maximum Gasteiger partial charge on any atom is 0.338 e. The number of esters is 1. The van der Waals surface area contributed by atoms with Crippen LogP contribution in [-0.4, -0.2) is 30.3 Å². The molecule has 3 fully saturated rings. The predicted octanol–water partition coefficient (Wildman–Crippen LogP) is 4.40. The maximum atomic E-state index is 13.0. The van der Waals surface area contributed by atoms with Crippen molar-refractivity contribution in [1.29, 1.82) is 0 Å². The summed E-state index contributed by atoms with van der Waals surface area (Å²) in [6.07, 6.45) is 3.04. The fourth-order valence-corrected chi connectivity index (χ4v) is 6.16. The Morgan fingerprint density at radius 2 is 1.59 bits per heavy atom. The summed E-state index contributed by atoms with van der Waals surface area (Å²) in [5.41, 5.74) is 3.31. The molecule has 1 saturated heterocycles. The van der Waals surface area contributed by atoms with Gasteiger partial charge in [-0.1, -0.05) is 15.9 Å². The molecular formula is C26H25BrN2O5. The standard InChI is InChI=1S/C26H25BrN2O5/c1-13-14(2)20(10-9-19(13)27)28-21(30)12-34-26(33)15-5-7-18(8-6-15)29-24(31)22-16-3-4-17(11-16)23(22)25(29)32/h5-10,16-17,22-23H,3-4,11-12H2,1-2H3,(H,28,30)/t16-,17-,22-,23+/m0/s1. The lowest BCUT2D eigenvalue weighted by Crippen LogP contribution is -2.32. The quantitative estimate of drug-likeness (QED) is 0.462. The van der Waals surface area contributed by atoms with Crippen LogP contribution in [0.25, 0.3) is 0 Å². The molecule has 8 heteroatoms. The number of carbonyl (C=O) groups is 4. The second kappa shape index (κ2) is 8.65. The van der Waals surface area contributed by atoms with Gasteiger partial charge in [0.2, 0.25) is 11.8 Å². The smallest absolute Gasteiger partial charge is 0.338 e. The number of amides is 3. The minimum atomic E-state index is -0.653. The summed E-state index contributed by atoms with van der Waals surface area (Å²) in [7, 11) is 0. The van der Waals surface area contributed by atoms with E-state index in [9.17, 15) is 19.2 Å². The van der Waals surface area contributed by atoms with Gasteiger partial charge in [0, 0.05) is 10.2 Å². The molecule has 1 heterocycles. The largest absolute Gasteiger partial charge is 0.452 e. The lowest BCUT2D eigenvalue weighted by molar-refractivity contribution is -0.123. The van der Waals surface area contributed by atoms with Crippen molar-refractivity contribution >= 4 is 51.0 Å². The van der Waals surface area contributed by atoms with Crippen LogP contribution in [0, 0.1) is 37.5 Å². The zero-order valence-corrected chi connectivity index (χ0v) is 20.6. The average molecular weight is 525 g/mol. The zero-order valence-electron chi connectivity index (χ0n) is 19.0. The molecule has 3 amide bonds. The third-order valence-electron chi connectivity index (χ3n) is 7.62. The Kier molecular flexibility index (Phi) is 5.80. The summed E-state index contributed by atoms with van der Waals surface area (Å²) in [4.78, 5) is 51.9. The van der Waals surface area contributed by atoms with Gasteiger partial charge in [-0.15, -0.1) is 0 Å². The van der Waals surface area contributed by atoms with Gasteiger partial charge in [-0.25, -0.2) is 4.79 Å². The molecule has 0 unspecified atom stereocenters. The van der Waals surface area contributed by atoms with E-state index >= 15 is 0 Å². The number of fused-ring (bicyclic) bond motifs is 5. The Morgan fingerprint density at radius 3 is 2.21 bits per heavy atom. The van der Waals surface area contributed by atoms with Crippen molar-refractivity contribution in [2.75, 3.05) is 16.8 Å². The van der Waals surface area contributed by atoms with Crippen molar-refractivity contribution in [2.24, 2.45) is 23.7 Å². The number of rotatable bonds is 5. The number of anilines is 2. The number of nitrogens with zero attached hydrogens (tertiary/aromatic N) is 1. The number of imide groups is 1. The third-order valence-corrected chi connectivity index (χ3v) is 8.48. The highest BCUT2D eigenvalue weighted by Gasteiger charge is 2.61. The van der Waals surface area contributed by atoms with E-state index in [-0.39, 0.29) is 29.2 Å². The molecule has 4 atom stereocenters. The van der Waals surface area contributed by atoms with Crippen LogP contribution in [0.2, 0.25) is 0 Å². The first-order valence-electron chi connectivity index (χ1n) is 11.5. The van der Waals surface area contributed by atoms with Crippen LogP contribution in [0.3, 0.4) is 0 Å². The summed E-state index contributed by atoms with van der Waals surface area (Å²) in [6, 6.07) is 9.83. The molecule has 1 aliphatic heterocycles. The Labute approximate surface area is 206 Å². The number of hydrogen-bond donors (Lipinski definition) is 1. The molecule has 7 nitrogen and oxygen atoms in total. The highest BCUT2D eigenvalue weighted by atomic mass is 79.9. The molecule has 2 saturated carbocycles. The molecular weight excluding hydrogens is 500 g/mol. The molecule has 176 valence electrons. The van der Waals surface area contributed by atoms with Crippen molar-refractivity contribution in [3.63, 3.8) is 0 Å². The van der Waals surface area contributed by atoms with Crippen molar-refractivity contribution in [1.82, 2.24) is 0 Å². The first-order valence-corrected chi connectivity index (χ1v) is 12.3. The molecule has 0 spiro atoms. The van der Waals surface area contributed by atoms with Gasteiger partial charge in [0.1, 0.15) is 0 Å². The number of benzene rings is 2. The van der Waals surface area contributed by atoms with Crippen LogP contribution < -0.4 is 10.2 Å². The first kappa shape index (κ1) is 22.8. The van der Waals surface area contributed by atoms with Crippen LogP contribution >= 0.6 is 15.9 Å². The molecule has 2 bridgehead atoms. The molecule has 0 radical (unpaired) electrons. The third kappa shape index (κ3) is 3.74. The van der Waals surface area contributed by atoms with Crippen molar-refractivity contribution in [3.05, 3.63) is 57.6 Å². The summed E-state index contributed by atoms with van der Waals surface area (Å²) >= 11 is 3.45. The predicted molar refractivity (Wildman–Crippen MR) is 129 cm³/mol. The molecule has 2 aromatic rings. The average Bonchev–Trinajstić information content (AvgIpc) is 3.51. The Balaban J connectivity index is 1.20. The molecule has 2 aromatic carbocycles. The van der Waals surface area contributed by atoms with Crippen LogP contribution in [-0.2, 0) is 19.1 Å². The SMILES string of the molecule is Cc1c(Br)ccc(NC(=O)COC(=O)c2ccc(N3C(=O)[C@@H]4[C@H]5CC[C@@H](C5)[C@@H]4C3=O)cc2)c1C. The van der Waals surface area contributed by atoms with Crippen LogP contribution in [0.5, 0.6) is 0 Å².